The Morgan fingerprint density at radius 2 is 2.00 bits per heavy atom. The van der Waals surface area contributed by atoms with Crippen LogP contribution in [0.4, 0.5) is 0 Å². The molecule has 3 nitrogen and oxygen atoms in total. The summed E-state index contributed by atoms with van der Waals surface area (Å²) in [6.07, 6.45) is 1.83. The van der Waals surface area contributed by atoms with Gasteiger partial charge in [0, 0.05) is 12.8 Å². The van der Waals surface area contributed by atoms with Crippen LogP contribution in [0.3, 0.4) is 0 Å². The molecule has 0 unspecified atom stereocenters. The zero-order valence-corrected chi connectivity index (χ0v) is 10.1. The van der Waals surface area contributed by atoms with Crippen LogP contribution in [0.1, 0.15) is 12.0 Å². The average Bonchev–Trinajstić information content (AvgIpc) is 2.60. The van der Waals surface area contributed by atoms with Crippen LogP contribution in [0.5, 0.6) is 0 Å². The van der Waals surface area contributed by atoms with Gasteiger partial charge in [0.2, 0.25) is 0 Å². The number of sulfone groups is 1. The monoisotopic (exact) mass is 240 g/mol. The van der Waals surface area contributed by atoms with E-state index in [9.17, 15) is 8.42 Å². The van der Waals surface area contributed by atoms with Crippen molar-refractivity contribution in [3.63, 3.8) is 0 Å². The molecule has 88 valence electrons. The van der Waals surface area contributed by atoms with Gasteiger partial charge in [0.1, 0.15) is 11.8 Å². The Hall–Kier alpha value is -0.870. The number of hydrogen-bond donors (Lipinski definition) is 1. The van der Waals surface area contributed by atoms with Crippen LogP contribution in [0.2, 0.25) is 0 Å². The van der Waals surface area contributed by atoms with Crippen LogP contribution >= 0.6 is 0 Å². The largest absolute Gasteiger partial charge is 0.343 e. The number of quaternary nitrogens is 1. The van der Waals surface area contributed by atoms with E-state index in [0.29, 0.717) is 11.5 Å². The smallest absolute Gasteiger partial charge is 0.156 e. The van der Waals surface area contributed by atoms with E-state index in [1.54, 1.807) is 0 Å². The molecular formula is C12H18NO2S+. The molecule has 0 spiro atoms. The first kappa shape index (κ1) is 11.6. The molecule has 16 heavy (non-hydrogen) atoms. The molecule has 2 rings (SSSR count). The molecule has 1 atom stereocenters. The summed E-state index contributed by atoms with van der Waals surface area (Å²) in [6.45, 7) is 0.976. The molecule has 1 aliphatic heterocycles. The minimum atomic E-state index is -2.72. The van der Waals surface area contributed by atoms with Crippen LogP contribution in [0.15, 0.2) is 30.3 Å². The molecule has 0 aromatic heterocycles. The normalized spacial score (nSPS) is 23.4. The molecule has 1 fully saturated rings. The van der Waals surface area contributed by atoms with E-state index < -0.39 is 9.84 Å². The molecule has 0 bridgehead atoms. The Morgan fingerprint density at radius 3 is 2.62 bits per heavy atom. The van der Waals surface area contributed by atoms with Crippen LogP contribution in [0.25, 0.3) is 0 Å². The lowest BCUT2D eigenvalue weighted by Crippen LogP contribution is -2.90. The summed E-state index contributed by atoms with van der Waals surface area (Å²) in [5.74, 6) is 0.737. The lowest BCUT2D eigenvalue weighted by Gasteiger charge is -2.06. The highest BCUT2D eigenvalue weighted by atomic mass is 32.2. The minimum absolute atomic E-state index is 0.286. The lowest BCUT2D eigenvalue weighted by atomic mass is 10.1. The summed E-state index contributed by atoms with van der Waals surface area (Å²) in [6, 6.07) is 10.6. The van der Waals surface area contributed by atoms with E-state index in [1.165, 1.54) is 5.56 Å². The second kappa shape index (κ2) is 4.97. The number of hydrogen-bond acceptors (Lipinski definition) is 2. The molecule has 1 saturated heterocycles. The van der Waals surface area contributed by atoms with Gasteiger partial charge in [-0.25, -0.2) is 8.42 Å². The Kier molecular flexibility index (Phi) is 3.61. The Bertz CT molecular complexity index is 428. The van der Waals surface area contributed by atoms with Gasteiger partial charge in [0.15, 0.2) is 9.84 Å². The van der Waals surface area contributed by atoms with Crippen LogP contribution in [0, 0.1) is 0 Å². The molecule has 1 heterocycles. The lowest BCUT2D eigenvalue weighted by molar-refractivity contribution is -0.683. The molecule has 1 aliphatic rings. The van der Waals surface area contributed by atoms with Crippen LogP contribution < -0.4 is 5.32 Å². The van der Waals surface area contributed by atoms with E-state index in [4.69, 9.17) is 0 Å². The molecule has 2 N–H and O–H groups in total. The van der Waals surface area contributed by atoms with Crippen molar-refractivity contribution < 1.29 is 13.7 Å². The summed E-state index contributed by atoms with van der Waals surface area (Å²) in [5.41, 5.74) is 1.32. The van der Waals surface area contributed by atoms with Gasteiger partial charge >= 0.3 is 0 Å². The van der Waals surface area contributed by atoms with Crippen molar-refractivity contribution in [1.29, 1.82) is 0 Å². The van der Waals surface area contributed by atoms with Crippen LogP contribution in [-0.2, 0) is 16.3 Å². The predicted molar refractivity (Wildman–Crippen MR) is 64.0 cm³/mol. The highest BCUT2D eigenvalue weighted by Crippen LogP contribution is 2.07. The van der Waals surface area contributed by atoms with Crippen molar-refractivity contribution in [1.82, 2.24) is 0 Å². The zero-order valence-electron chi connectivity index (χ0n) is 9.30. The van der Waals surface area contributed by atoms with Gasteiger partial charge in [0.25, 0.3) is 0 Å². The van der Waals surface area contributed by atoms with E-state index in [-0.39, 0.29) is 6.04 Å². The molecule has 4 heteroatoms. The van der Waals surface area contributed by atoms with Crippen molar-refractivity contribution in [2.24, 2.45) is 0 Å². The third-order valence-electron chi connectivity index (χ3n) is 3.04. The van der Waals surface area contributed by atoms with Crippen molar-refractivity contribution in [2.45, 2.75) is 18.9 Å². The number of nitrogens with two attached hydrogens (primary N) is 1. The average molecular weight is 240 g/mol. The quantitative estimate of drug-likeness (QED) is 0.804. The van der Waals surface area contributed by atoms with E-state index >= 15 is 0 Å². The zero-order chi connectivity index (χ0) is 11.4. The molecule has 0 saturated carbocycles. The first-order valence-electron chi connectivity index (χ1n) is 5.73. The molecule has 0 aliphatic carbocycles. The van der Waals surface area contributed by atoms with Gasteiger partial charge in [-0.15, -0.1) is 0 Å². The standard InChI is InChI=1S/C12H17NO2S/c14-16(15)9-7-12(10-16)13-8-6-11-4-2-1-3-5-11/h1-5,12-13H,6-10H2/p+1/t12-/m0/s1. The fourth-order valence-corrected chi connectivity index (χ4v) is 3.92. The molecule has 1 aromatic rings. The van der Waals surface area contributed by atoms with Crippen molar-refractivity contribution in [2.75, 3.05) is 18.1 Å². The first-order valence-corrected chi connectivity index (χ1v) is 7.55. The van der Waals surface area contributed by atoms with Gasteiger partial charge in [-0.1, -0.05) is 30.3 Å². The predicted octanol–water partition coefficient (Wildman–Crippen LogP) is -0.0204. The molecule has 0 amide bonds. The highest BCUT2D eigenvalue weighted by molar-refractivity contribution is 7.91. The number of rotatable bonds is 4. The Morgan fingerprint density at radius 1 is 1.25 bits per heavy atom. The maximum Gasteiger partial charge on any atom is 0.156 e. The third-order valence-corrected chi connectivity index (χ3v) is 4.84. The fraction of sp³-hybridized carbons (Fsp3) is 0.500. The minimum Gasteiger partial charge on any atom is -0.343 e. The second-order valence-electron chi connectivity index (χ2n) is 4.42. The highest BCUT2D eigenvalue weighted by Gasteiger charge is 2.29. The topological polar surface area (TPSA) is 50.8 Å². The fourth-order valence-electron chi connectivity index (χ4n) is 2.14. The van der Waals surface area contributed by atoms with Crippen LogP contribution in [-0.4, -0.2) is 32.5 Å². The Balaban J connectivity index is 1.74. The van der Waals surface area contributed by atoms with Gasteiger partial charge < -0.3 is 5.32 Å². The maximum absolute atomic E-state index is 11.3. The molecule has 0 radical (unpaired) electrons. The van der Waals surface area contributed by atoms with Crippen molar-refractivity contribution in [3.8, 4) is 0 Å². The molecule has 1 aromatic carbocycles. The third kappa shape index (κ3) is 3.32. The van der Waals surface area contributed by atoms with E-state index in [0.717, 1.165) is 19.4 Å². The second-order valence-corrected chi connectivity index (χ2v) is 6.65. The van der Waals surface area contributed by atoms with Crippen molar-refractivity contribution >= 4 is 9.84 Å². The number of benzene rings is 1. The summed E-state index contributed by atoms with van der Waals surface area (Å²) in [4.78, 5) is 0. The summed E-state index contributed by atoms with van der Waals surface area (Å²) < 4.78 is 22.5. The van der Waals surface area contributed by atoms with E-state index in [2.05, 4.69) is 17.4 Å². The van der Waals surface area contributed by atoms with Gasteiger partial charge in [-0.2, -0.15) is 0 Å². The summed E-state index contributed by atoms with van der Waals surface area (Å²) >= 11 is 0. The van der Waals surface area contributed by atoms with Gasteiger partial charge in [-0.05, 0) is 5.56 Å². The summed E-state index contributed by atoms with van der Waals surface area (Å²) in [5, 5.41) is 2.18. The van der Waals surface area contributed by atoms with Crippen molar-refractivity contribution in [3.05, 3.63) is 35.9 Å². The first-order chi connectivity index (χ1) is 7.66. The van der Waals surface area contributed by atoms with Gasteiger partial charge in [0.05, 0.1) is 12.3 Å². The molecular weight excluding hydrogens is 222 g/mol. The van der Waals surface area contributed by atoms with Gasteiger partial charge in [-0.3, -0.25) is 0 Å². The SMILES string of the molecule is O=S1(=O)CC[C@H]([NH2+]CCc2ccccc2)C1. The summed E-state index contributed by atoms with van der Waals surface area (Å²) in [7, 11) is -2.72. The maximum atomic E-state index is 11.3. The van der Waals surface area contributed by atoms with E-state index in [1.807, 2.05) is 18.2 Å². The Labute approximate surface area is 96.8 Å².